The average molecular weight is 467 g/mol. The van der Waals surface area contributed by atoms with E-state index in [0.717, 1.165) is 10.6 Å². The van der Waals surface area contributed by atoms with Crippen LogP contribution in [0.1, 0.15) is 27.7 Å². The Balaban J connectivity index is 1.95. The van der Waals surface area contributed by atoms with Crippen molar-refractivity contribution in [3.63, 3.8) is 0 Å². The molecule has 2 heterocycles. The number of phenolic OH excluding ortho intramolecular Hbond substituents is 1. The number of phenols is 1. The van der Waals surface area contributed by atoms with Gasteiger partial charge in [-0.3, -0.25) is 14.5 Å². The molecule has 1 atom stereocenters. The standard InChI is InChI=1S/C24H22N2O6S/c1-12-13(2)33-24(25-12)26-20(15-7-10-17(27)18(11-15)32-4)19(22(29)23(26)30)21(28)14-5-8-16(31-3)9-6-14/h5-11,20,27-28H,1-4H3/b21-19+/t20-/m0/s1. The molecular formula is C24H22N2O6S. The molecule has 8 nitrogen and oxygen atoms in total. The van der Waals surface area contributed by atoms with E-state index in [4.69, 9.17) is 9.47 Å². The molecule has 33 heavy (non-hydrogen) atoms. The zero-order valence-electron chi connectivity index (χ0n) is 18.4. The Morgan fingerprint density at radius 2 is 1.76 bits per heavy atom. The number of hydrogen-bond acceptors (Lipinski definition) is 8. The fourth-order valence-corrected chi connectivity index (χ4v) is 4.61. The SMILES string of the molecule is COc1ccc(/C(O)=C2\C(=O)C(=O)N(c3nc(C)c(C)s3)[C@H]2c2ccc(O)c(OC)c2)cc1. The summed E-state index contributed by atoms with van der Waals surface area (Å²) in [6, 6.07) is 10.1. The summed E-state index contributed by atoms with van der Waals surface area (Å²) in [6.07, 6.45) is 0. The first-order valence-electron chi connectivity index (χ1n) is 10.0. The first kappa shape index (κ1) is 22.3. The number of anilines is 1. The van der Waals surface area contributed by atoms with Crippen LogP contribution in [0.4, 0.5) is 5.13 Å². The van der Waals surface area contributed by atoms with E-state index in [0.29, 0.717) is 22.0 Å². The van der Waals surface area contributed by atoms with Crippen molar-refractivity contribution in [3.8, 4) is 17.2 Å². The number of ketones is 1. The molecule has 2 aromatic carbocycles. The molecule has 0 radical (unpaired) electrons. The number of aromatic nitrogens is 1. The van der Waals surface area contributed by atoms with Gasteiger partial charge >= 0.3 is 5.91 Å². The van der Waals surface area contributed by atoms with Crippen molar-refractivity contribution >= 4 is 33.9 Å². The van der Waals surface area contributed by atoms with Crippen LogP contribution in [-0.2, 0) is 9.59 Å². The summed E-state index contributed by atoms with van der Waals surface area (Å²) in [5.74, 6) is -1.27. The Morgan fingerprint density at radius 1 is 1.06 bits per heavy atom. The van der Waals surface area contributed by atoms with Crippen LogP contribution in [-0.4, -0.2) is 41.1 Å². The van der Waals surface area contributed by atoms with E-state index < -0.39 is 17.7 Å². The van der Waals surface area contributed by atoms with Gasteiger partial charge < -0.3 is 19.7 Å². The van der Waals surface area contributed by atoms with Crippen LogP contribution in [0, 0.1) is 13.8 Å². The molecule has 1 saturated heterocycles. The maximum absolute atomic E-state index is 13.2. The molecular weight excluding hydrogens is 444 g/mol. The Morgan fingerprint density at radius 3 is 2.33 bits per heavy atom. The molecule has 1 fully saturated rings. The lowest BCUT2D eigenvalue weighted by molar-refractivity contribution is -0.132. The molecule has 0 unspecified atom stereocenters. The van der Waals surface area contributed by atoms with Gasteiger partial charge in [-0.1, -0.05) is 6.07 Å². The number of aromatic hydroxyl groups is 1. The molecule has 2 N–H and O–H groups in total. The van der Waals surface area contributed by atoms with Gasteiger partial charge in [0.2, 0.25) is 0 Å². The van der Waals surface area contributed by atoms with Gasteiger partial charge in [-0.2, -0.15) is 0 Å². The molecule has 1 aliphatic heterocycles. The lowest BCUT2D eigenvalue weighted by Gasteiger charge is -2.23. The molecule has 170 valence electrons. The predicted octanol–water partition coefficient (Wildman–Crippen LogP) is 4.11. The van der Waals surface area contributed by atoms with E-state index >= 15 is 0 Å². The second-order valence-corrected chi connectivity index (χ2v) is 8.65. The Kier molecular flexibility index (Phi) is 5.82. The number of hydrogen-bond donors (Lipinski definition) is 2. The maximum atomic E-state index is 13.2. The molecule has 1 aliphatic rings. The van der Waals surface area contributed by atoms with E-state index in [1.54, 1.807) is 30.3 Å². The van der Waals surface area contributed by atoms with Crippen LogP contribution in [0.3, 0.4) is 0 Å². The molecule has 0 bridgehead atoms. The number of benzene rings is 2. The van der Waals surface area contributed by atoms with Crippen LogP contribution < -0.4 is 14.4 Å². The number of Topliss-reactive ketones (excluding diaryl/α,β-unsaturated/α-hetero) is 1. The van der Waals surface area contributed by atoms with Gasteiger partial charge in [0.05, 0.1) is 31.5 Å². The van der Waals surface area contributed by atoms with E-state index in [9.17, 15) is 19.8 Å². The molecule has 3 aromatic rings. The van der Waals surface area contributed by atoms with Crippen LogP contribution >= 0.6 is 11.3 Å². The minimum atomic E-state index is -0.966. The van der Waals surface area contributed by atoms with Crippen LogP contribution in [0.5, 0.6) is 17.2 Å². The molecule has 0 aliphatic carbocycles. The number of amides is 1. The van der Waals surface area contributed by atoms with Crippen molar-refractivity contribution < 1.29 is 29.3 Å². The molecule has 4 rings (SSSR count). The van der Waals surface area contributed by atoms with E-state index in [2.05, 4.69) is 4.98 Å². The quantitative estimate of drug-likeness (QED) is 0.331. The zero-order chi connectivity index (χ0) is 23.9. The van der Waals surface area contributed by atoms with Crippen LogP contribution in [0.15, 0.2) is 48.0 Å². The number of thiazole rings is 1. The maximum Gasteiger partial charge on any atom is 0.301 e. The predicted molar refractivity (Wildman–Crippen MR) is 124 cm³/mol. The normalized spacial score (nSPS) is 17.5. The van der Waals surface area contributed by atoms with Gasteiger partial charge in [-0.15, -0.1) is 11.3 Å². The highest BCUT2D eigenvalue weighted by Gasteiger charge is 2.48. The highest BCUT2D eigenvalue weighted by atomic mass is 32.1. The average Bonchev–Trinajstić information content (AvgIpc) is 3.28. The molecule has 1 aromatic heterocycles. The number of carbonyl (C=O) groups excluding carboxylic acids is 2. The lowest BCUT2D eigenvalue weighted by atomic mass is 9.95. The summed E-state index contributed by atoms with van der Waals surface area (Å²) >= 11 is 1.28. The summed E-state index contributed by atoms with van der Waals surface area (Å²) in [4.78, 5) is 33.0. The molecule has 1 amide bonds. The van der Waals surface area contributed by atoms with E-state index in [1.165, 1.54) is 42.6 Å². The number of nitrogens with zero attached hydrogens (tertiary/aromatic N) is 2. The fourth-order valence-electron chi connectivity index (χ4n) is 3.67. The van der Waals surface area contributed by atoms with Crippen molar-refractivity contribution in [1.82, 2.24) is 4.98 Å². The largest absolute Gasteiger partial charge is 0.507 e. The van der Waals surface area contributed by atoms with Crippen molar-refractivity contribution in [2.45, 2.75) is 19.9 Å². The van der Waals surface area contributed by atoms with Crippen molar-refractivity contribution in [1.29, 1.82) is 0 Å². The monoisotopic (exact) mass is 466 g/mol. The molecule has 0 spiro atoms. The summed E-state index contributed by atoms with van der Waals surface area (Å²) < 4.78 is 10.4. The summed E-state index contributed by atoms with van der Waals surface area (Å²) in [5.41, 5.74) is 1.50. The Labute approximate surface area is 194 Å². The number of aliphatic hydroxyl groups excluding tert-OH is 1. The van der Waals surface area contributed by atoms with Crippen molar-refractivity contribution in [3.05, 3.63) is 69.7 Å². The first-order valence-corrected chi connectivity index (χ1v) is 10.8. The fraction of sp³-hybridized carbons (Fsp3) is 0.208. The highest BCUT2D eigenvalue weighted by molar-refractivity contribution is 7.16. The molecule has 9 heteroatoms. The van der Waals surface area contributed by atoms with Gasteiger partial charge in [0.1, 0.15) is 11.5 Å². The highest BCUT2D eigenvalue weighted by Crippen LogP contribution is 2.45. The minimum absolute atomic E-state index is 0.0802. The number of aliphatic hydroxyl groups is 1. The second-order valence-electron chi connectivity index (χ2n) is 7.47. The summed E-state index contributed by atoms with van der Waals surface area (Å²) in [7, 11) is 2.93. The third kappa shape index (κ3) is 3.80. The second kappa shape index (κ2) is 8.59. The van der Waals surface area contributed by atoms with Gasteiger partial charge in [-0.05, 0) is 55.8 Å². The van der Waals surface area contributed by atoms with Crippen molar-refractivity contribution in [2.24, 2.45) is 0 Å². The summed E-state index contributed by atoms with van der Waals surface area (Å²) in [6.45, 7) is 3.70. The number of rotatable bonds is 5. The van der Waals surface area contributed by atoms with Crippen LogP contribution in [0.25, 0.3) is 5.76 Å². The van der Waals surface area contributed by atoms with Gasteiger partial charge in [0, 0.05) is 10.4 Å². The zero-order valence-corrected chi connectivity index (χ0v) is 19.3. The first-order chi connectivity index (χ1) is 15.8. The van der Waals surface area contributed by atoms with E-state index in [1.807, 2.05) is 13.8 Å². The third-order valence-electron chi connectivity index (χ3n) is 5.55. The molecule has 0 saturated carbocycles. The number of aryl methyl sites for hydroxylation is 2. The topological polar surface area (TPSA) is 109 Å². The lowest BCUT2D eigenvalue weighted by Crippen LogP contribution is -2.29. The number of ether oxygens (including phenoxy) is 2. The van der Waals surface area contributed by atoms with E-state index in [-0.39, 0.29) is 22.8 Å². The smallest absolute Gasteiger partial charge is 0.301 e. The van der Waals surface area contributed by atoms with Gasteiger partial charge in [0.25, 0.3) is 5.78 Å². The Hall–Kier alpha value is -3.85. The number of methoxy groups -OCH3 is 2. The third-order valence-corrected chi connectivity index (χ3v) is 6.62. The minimum Gasteiger partial charge on any atom is -0.507 e. The Bertz CT molecular complexity index is 1260. The summed E-state index contributed by atoms with van der Waals surface area (Å²) in [5, 5.41) is 21.5. The van der Waals surface area contributed by atoms with Gasteiger partial charge in [-0.25, -0.2) is 4.98 Å². The van der Waals surface area contributed by atoms with Crippen LogP contribution in [0.2, 0.25) is 0 Å². The number of carbonyl (C=O) groups is 2. The van der Waals surface area contributed by atoms with Crippen molar-refractivity contribution in [2.75, 3.05) is 19.1 Å². The van der Waals surface area contributed by atoms with Gasteiger partial charge in [0.15, 0.2) is 16.6 Å².